The predicted molar refractivity (Wildman–Crippen MR) is 61.3 cm³/mol. The minimum atomic E-state index is 0.208. The maximum absolute atomic E-state index is 5.99. The van der Waals surface area contributed by atoms with Gasteiger partial charge in [-0.1, -0.05) is 44.2 Å². The Morgan fingerprint density at radius 3 is 2.43 bits per heavy atom. The topological polar surface area (TPSA) is 38.0 Å². The van der Waals surface area contributed by atoms with Gasteiger partial charge in [-0.25, -0.2) is 0 Å². The summed E-state index contributed by atoms with van der Waals surface area (Å²) in [7, 11) is 0. The lowest BCUT2D eigenvalue weighted by Gasteiger charge is -2.14. The highest BCUT2D eigenvalue weighted by molar-refractivity contribution is 5.15. The molecule has 2 nitrogen and oxygen atoms in total. The van der Waals surface area contributed by atoms with Crippen LogP contribution >= 0.6 is 0 Å². The first-order valence-electron chi connectivity index (χ1n) is 5.21. The Hall–Kier alpha value is -0.860. The minimum absolute atomic E-state index is 0.208. The van der Waals surface area contributed by atoms with Gasteiger partial charge in [0.15, 0.2) is 0 Å². The molecule has 0 saturated heterocycles. The third kappa shape index (κ3) is 4.40. The molecular formula is C12H20N2. The summed E-state index contributed by atoms with van der Waals surface area (Å²) in [5.74, 6) is 0. The van der Waals surface area contributed by atoms with E-state index in [1.54, 1.807) is 0 Å². The van der Waals surface area contributed by atoms with E-state index in [2.05, 4.69) is 43.4 Å². The Morgan fingerprint density at radius 1 is 1.21 bits per heavy atom. The van der Waals surface area contributed by atoms with Crippen molar-refractivity contribution in [3.63, 3.8) is 0 Å². The van der Waals surface area contributed by atoms with Crippen molar-refractivity contribution >= 4 is 0 Å². The molecule has 1 aromatic rings. The van der Waals surface area contributed by atoms with Crippen LogP contribution in [0.4, 0.5) is 0 Å². The second-order valence-corrected chi connectivity index (χ2v) is 4.01. The van der Waals surface area contributed by atoms with Crippen LogP contribution in [0, 0.1) is 0 Å². The molecule has 0 heterocycles. The van der Waals surface area contributed by atoms with Crippen LogP contribution in [0.15, 0.2) is 30.3 Å². The first-order chi connectivity index (χ1) is 6.68. The van der Waals surface area contributed by atoms with Gasteiger partial charge in [-0.05, 0) is 12.0 Å². The smallest absolute Gasteiger partial charge is 0.0206 e. The van der Waals surface area contributed by atoms with Gasteiger partial charge in [0.1, 0.15) is 0 Å². The van der Waals surface area contributed by atoms with Crippen LogP contribution in [0.1, 0.15) is 19.4 Å². The molecule has 0 saturated carbocycles. The van der Waals surface area contributed by atoms with Crippen molar-refractivity contribution in [3.05, 3.63) is 35.9 Å². The second kappa shape index (κ2) is 5.78. The highest BCUT2D eigenvalue weighted by Gasteiger charge is 2.03. The molecule has 0 aliphatic heterocycles. The van der Waals surface area contributed by atoms with Crippen LogP contribution in [-0.2, 0) is 6.42 Å². The quantitative estimate of drug-likeness (QED) is 0.743. The number of benzene rings is 1. The number of hydrogen-bond donors (Lipinski definition) is 2. The lowest BCUT2D eigenvalue weighted by molar-refractivity contribution is 0.523. The number of hydrogen-bond acceptors (Lipinski definition) is 2. The summed E-state index contributed by atoms with van der Waals surface area (Å²) in [5.41, 5.74) is 7.30. The van der Waals surface area contributed by atoms with Gasteiger partial charge in [0, 0.05) is 18.6 Å². The summed E-state index contributed by atoms with van der Waals surface area (Å²) >= 11 is 0. The summed E-state index contributed by atoms with van der Waals surface area (Å²) in [5, 5.41) is 3.34. The third-order valence-electron chi connectivity index (χ3n) is 2.13. The molecule has 0 fully saturated rings. The van der Waals surface area contributed by atoms with E-state index in [0.29, 0.717) is 6.04 Å². The molecule has 0 aliphatic rings. The Labute approximate surface area is 86.5 Å². The van der Waals surface area contributed by atoms with Gasteiger partial charge in [0.25, 0.3) is 0 Å². The number of rotatable bonds is 5. The number of nitrogens with one attached hydrogen (secondary N) is 1. The highest BCUT2D eigenvalue weighted by Crippen LogP contribution is 2.01. The van der Waals surface area contributed by atoms with Gasteiger partial charge in [-0.3, -0.25) is 0 Å². The average molecular weight is 192 g/mol. The van der Waals surface area contributed by atoms with Crippen LogP contribution < -0.4 is 11.1 Å². The molecule has 1 aromatic carbocycles. The SMILES string of the molecule is CC(C)NC[C@@H](N)Cc1ccccc1. The molecule has 0 radical (unpaired) electrons. The first kappa shape index (κ1) is 11.2. The van der Waals surface area contributed by atoms with Crippen LogP contribution in [-0.4, -0.2) is 18.6 Å². The fourth-order valence-electron chi connectivity index (χ4n) is 1.38. The van der Waals surface area contributed by atoms with Crippen LogP contribution in [0.3, 0.4) is 0 Å². The summed E-state index contributed by atoms with van der Waals surface area (Å²) in [6.45, 7) is 5.15. The molecule has 0 aromatic heterocycles. The fraction of sp³-hybridized carbons (Fsp3) is 0.500. The van der Waals surface area contributed by atoms with E-state index >= 15 is 0 Å². The van der Waals surface area contributed by atoms with Crippen LogP contribution in [0.25, 0.3) is 0 Å². The highest BCUT2D eigenvalue weighted by atomic mass is 14.9. The van der Waals surface area contributed by atoms with E-state index in [9.17, 15) is 0 Å². The minimum Gasteiger partial charge on any atom is -0.326 e. The van der Waals surface area contributed by atoms with Crippen molar-refractivity contribution in [2.45, 2.75) is 32.4 Å². The maximum atomic E-state index is 5.99. The lowest BCUT2D eigenvalue weighted by atomic mass is 10.1. The summed E-state index contributed by atoms with van der Waals surface area (Å²) in [4.78, 5) is 0. The molecule has 0 unspecified atom stereocenters. The van der Waals surface area contributed by atoms with Crippen molar-refractivity contribution in [2.75, 3.05) is 6.54 Å². The van der Waals surface area contributed by atoms with Crippen molar-refractivity contribution in [2.24, 2.45) is 5.73 Å². The van der Waals surface area contributed by atoms with Crippen LogP contribution in [0.2, 0.25) is 0 Å². The van der Waals surface area contributed by atoms with Gasteiger partial charge >= 0.3 is 0 Å². The molecular weight excluding hydrogens is 172 g/mol. The molecule has 3 N–H and O–H groups in total. The zero-order valence-electron chi connectivity index (χ0n) is 9.03. The molecule has 1 rings (SSSR count). The third-order valence-corrected chi connectivity index (χ3v) is 2.13. The van der Waals surface area contributed by atoms with Gasteiger partial charge in [0.05, 0.1) is 0 Å². The van der Waals surface area contributed by atoms with Crippen molar-refractivity contribution < 1.29 is 0 Å². The molecule has 1 atom stereocenters. The summed E-state index contributed by atoms with van der Waals surface area (Å²) in [6.07, 6.45) is 0.945. The Bertz CT molecular complexity index is 244. The van der Waals surface area contributed by atoms with E-state index in [0.717, 1.165) is 13.0 Å². The molecule has 0 aliphatic carbocycles. The first-order valence-corrected chi connectivity index (χ1v) is 5.21. The molecule has 78 valence electrons. The Kier molecular flexibility index (Phi) is 4.63. The average Bonchev–Trinajstić information content (AvgIpc) is 2.16. The monoisotopic (exact) mass is 192 g/mol. The predicted octanol–water partition coefficient (Wildman–Crippen LogP) is 1.55. The second-order valence-electron chi connectivity index (χ2n) is 4.01. The Balaban J connectivity index is 2.30. The zero-order chi connectivity index (χ0) is 10.4. The van der Waals surface area contributed by atoms with Gasteiger partial charge in [-0.2, -0.15) is 0 Å². The van der Waals surface area contributed by atoms with Gasteiger partial charge < -0.3 is 11.1 Å². The molecule has 0 bridgehead atoms. The summed E-state index contributed by atoms with van der Waals surface area (Å²) < 4.78 is 0. The van der Waals surface area contributed by atoms with Crippen LogP contribution in [0.5, 0.6) is 0 Å². The van der Waals surface area contributed by atoms with Crippen molar-refractivity contribution in [1.29, 1.82) is 0 Å². The maximum Gasteiger partial charge on any atom is 0.0206 e. The van der Waals surface area contributed by atoms with E-state index < -0.39 is 0 Å². The van der Waals surface area contributed by atoms with Crippen molar-refractivity contribution in [1.82, 2.24) is 5.32 Å². The van der Waals surface area contributed by atoms with E-state index in [4.69, 9.17) is 5.73 Å². The van der Waals surface area contributed by atoms with Crippen molar-refractivity contribution in [3.8, 4) is 0 Å². The van der Waals surface area contributed by atoms with Gasteiger partial charge in [0.2, 0.25) is 0 Å². The molecule has 14 heavy (non-hydrogen) atoms. The normalized spacial score (nSPS) is 13.1. The molecule has 2 heteroatoms. The van der Waals surface area contributed by atoms with E-state index in [1.807, 2.05) is 6.07 Å². The largest absolute Gasteiger partial charge is 0.326 e. The van der Waals surface area contributed by atoms with E-state index in [-0.39, 0.29) is 6.04 Å². The fourth-order valence-corrected chi connectivity index (χ4v) is 1.38. The lowest BCUT2D eigenvalue weighted by Crippen LogP contribution is -2.38. The standard InChI is InChI=1S/C12H20N2/c1-10(2)14-9-12(13)8-11-6-4-3-5-7-11/h3-7,10,12,14H,8-9,13H2,1-2H3/t12-/m0/s1. The van der Waals surface area contributed by atoms with Gasteiger partial charge in [-0.15, -0.1) is 0 Å². The summed E-state index contributed by atoms with van der Waals surface area (Å²) in [6, 6.07) is 11.1. The molecule has 0 amide bonds. The number of nitrogens with two attached hydrogens (primary N) is 1. The zero-order valence-corrected chi connectivity index (χ0v) is 9.03. The Morgan fingerprint density at radius 2 is 1.86 bits per heavy atom. The van der Waals surface area contributed by atoms with E-state index in [1.165, 1.54) is 5.56 Å². The molecule has 0 spiro atoms.